The van der Waals surface area contributed by atoms with E-state index in [-0.39, 0.29) is 18.2 Å². The molecule has 0 saturated heterocycles. The fourth-order valence-electron chi connectivity index (χ4n) is 1.98. The Balaban J connectivity index is 1.96. The summed E-state index contributed by atoms with van der Waals surface area (Å²) in [4.78, 5) is 23.9. The third-order valence-electron chi connectivity index (χ3n) is 3.21. The first-order valence-electron chi connectivity index (χ1n) is 6.87. The Morgan fingerprint density at radius 1 is 0.909 bits per heavy atom. The lowest BCUT2D eigenvalue weighted by atomic mass is 10.2. The van der Waals surface area contributed by atoms with E-state index in [4.69, 9.17) is 11.6 Å². The first-order valence-corrected chi connectivity index (χ1v) is 7.25. The molecule has 5 heteroatoms. The van der Waals surface area contributed by atoms with Crippen LogP contribution in [0.3, 0.4) is 0 Å². The Bertz CT molecular complexity index is 714. The van der Waals surface area contributed by atoms with Gasteiger partial charge in [0.15, 0.2) is 0 Å². The average molecular weight is 317 g/mol. The van der Waals surface area contributed by atoms with Crippen molar-refractivity contribution in [1.29, 1.82) is 0 Å². The lowest BCUT2D eigenvalue weighted by molar-refractivity contribution is -0.123. The van der Waals surface area contributed by atoms with Crippen molar-refractivity contribution in [3.63, 3.8) is 0 Å². The first-order chi connectivity index (χ1) is 10.5. The van der Waals surface area contributed by atoms with Crippen molar-refractivity contribution >= 4 is 34.8 Å². The van der Waals surface area contributed by atoms with E-state index in [2.05, 4.69) is 10.6 Å². The van der Waals surface area contributed by atoms with Crippen molar-refractivity contribution in [1.82, 2.24) is 0 Å². The molecule has 0 aliphatic rings. The van der Waals surface area contributed by atoms with E-state index in [1.165, 1.54) is 0 Å². The Morgan fingerprint density at radius 2 is 1.50 bits per heavy atom. The van der Waals surface area contributed by atoms with Crippen LogP contribution in [0.15, 0.2) is 42.5 Å². The summed E-state index contributed by atoms with van der Waals surface area (Å²) in [5, 5.41) is 5.96. The molecule has 0 aromatic heterocycles. The second-order valence-electron chi connectivity index (χ2n) is 5.05. The summed E-state index contributed by atoms with van der Waals surface area (Å²) in [6.07, 6.45) is -0.250. The molecule has 0 atom stereocenters. The van der Waals surface area contributed by atoms with Gasteiger partial charge in [0, 0.05) is 16.4 Å². The number of hydrogen-bond acceptors (Lipinski definition) is 2. The molecule has 0 fully saturated rings. The number of halogens is 1. The third kappa shape index (κ3) is 4.33. The number of carbonyl (C=O) groups excluding carboxylic acids is 2. The van der Waals surface area contributed by atoms with Crippen molar-refractivity contribution in [3.8, 4) is 0 Å². The van der Waals surface area contributed by atoms with Crippen molar-refractivity contribution in [2.45, 2.75) is 20.3 Å². The van der Waals surface area contributed by atoms with Gasteiger partial charge in [0.1, 0.15) is 6.42 Å². The summed E-state index contributed by atoms with van der Waals surface area (Å²) in [5.41, 5.74) is 3.15. The molecular weight excluding hydrogens is 300 g/mol. The number of amides is 2. The summed E-state index contributed by atoms with van der Waals surface area (Å²) >= 11 is 5.90. The Kier molecular flexibility index (Phi) is 5.17. The highest BCUT2D eigenvalue weighted by molar-refractivity contribution is 6.31. The van der Waals surface area contributed by atoms with Gasteiger partial charge < -0.3 is 10.6 Å². The van der Waals surface area contributed by atoms with E-state index in [0.717, 1.165) is 11.1 Å². The molecule has 0 aliphatic carbocycles. The topological polar surface area (TPSA) is 58.2 Å². The van der Waals surface area contributed by atoms with Crippen LogP contribution in [0.25, 0.3) is 0 Å². The Labute approximate surface area is 134 Å². The van der Waals surface area contributed by atoms with Crippen LogP contribution in [0.1, 0.15) is 17.5 Å². The van der Waals surface area contributed by atoms with Crippen LogP contribution in [0.2, 0.25) is 5.02 Å². The minimum atomic E-state index is -0.378. The lowest BCUT2D eigenvalue weighted by Crippen LogP contribution is -2.22. The summed E-state index contributed by atoms with van der Waals surface area (Å²) < 4.78 is 0. The fourth-order valence-corrected chi connectivity index (χ4v) is 2.15. The van der Waals surface area contributed by atoms with Crippen LogP contribution in [-0.2, 0) is 9.59 Å². The molecule has 0 aliphatic heterocycles. The fraction of sp³-hybridized carbons (Fsp3) is 0.176. The summed E-state index contributed by atoms with van der Waals surface area (Å²) in [7, 11) is 0. The van der Waals surface area contributed by atoms with Crippen molar-refractivity contribution in [3.05, 3.63) is 58.6 Å². The van der Waals surface area contributed by atoms with Gasteiger partial charge in [-0.25, -0.2) is 0 Å². The quantitative estimate of drug-likeness (QED) is 0.840. The molecule has 0 heterocycles. The molecule has 2 aromatic carbocycles. The summed E-state index contributed by atoms with van der Waals surface area (Å²) in [6, 6.07) is 12.6. The molecular formula is C17H17ClN2O2. The smallest absolute Gasteiger partial charge is 0.233 e. The van der Waals surface area contributed by atoms with Gasteiger partial charge in [-0.15, -0.1) is 0 Å². The molecule has 0 bridgehead atoms. The summed E-state index contributed by atoms with van der Waals surface area (Å²) in [5.74, 6) is -0.733. The van der Waals surface area contributed by atoms with Crippen LogP contribution >= 0.6 is 11.6 Å². The molecule has 2 amide bonds. The normalized spacial score (nSPS) is 10.1. The van der Waals surface area contributed by atoms with Crippen molar-refractivity contribution in [2.75, 3.05) is 10.6 Å². The van der Waals surface area contributed by atoms with Crippen LogP contribution in [0.5, 0.6) is 0 Å². The van der Waals surface area contributed by atoms with Crippen molar-refractivity contribution in [2.24, 2.45) is 0 Å². The van der Waals surface area contributed by atoms with E-state index < -0.39 is 0 Å². The minimum absolute atomic E-state index is 0.250. The Morgan fingerprint density at radius 3 is 2.18 bits per heavy atom. The number of aryl methyl sites for hydroxylation is 2. The number of nitrogens with one attached hydrogen (secondary N) is 2. The maximum absolute atomic E-state index is 11.9. The molecule has 0 unspecified atom stereocenters. The molecule has 0 radical (unpaired) electrons. The van der Waals surface area contributed by atoms with Gasteiger partial charge in [-0.3, -0.25) is 9.59 Å². The van der Waals surface area contributed by atoms with E-state index in [9.17, 15) is 9.59 Å². The van der Waals surface area contributed by atoms with E-state index in [1.54, 1.807) is 18.2 Å². The molecule has 0 saturated carbocycles. The minimum Gasteiger partial charge on any atom is -0.325 e. The highest BCUT2D eigenvalue weighted by Crippen LogP contribution is 2.20. The van der Waals surface area contributed by atoms with Gasteiger partial charge in [-0.2, -0.15) is 0 Å². The predicted molar refractivity (Wildman–Crippen MR) is 89.2 cm³/mol. The zero-order valence-corrected chi connectivity index (χ0v) is 13.2. The van der Waals surface area contributed by atoms with Gasteiger partial charge >= 0.3 is 0 Å². The zero-order valence-electron chi connectivity index (χ0n) is 12.4. The van der Waals surface area contributed by atoms with Gasteiger partial charge in [-0.1, -0.05) is 35.9 Å². The van der Waals surface area contributed by atoms with Crippen LogP contribution in [0, 0.1) is 13.8 Å². The summed E-state index contributed by atoms with van der Waals surface area (Å²) in [6.45, 7) is 3.75. The second-order valence-corrected chi connectivity index (χ2v) is 5.48. The Hall–Kier alpha value is -2.33. The predicted octanol–water partition coefficient (Wildman–Crippen LogP) is 3.92. The number of anilines is 2. The van der Waals surface area contributed by atoms with E-state index in [1.807, 2.05) is 38.1 Å². The van der Waals surface area contributed by atoms with Crippen LogP contribution in [0.4, 0.5) is 11.4 Å². The van der Waals surface area contributed by atoms with Gasteiger partial charge in [0.2, 0.25) is 11.8 Å². The molecule has 2 N–H and O–H groups in total. The average Bonchev–Trinajstić information content (AvgIpc) is 2.45. The molecule has 2 aromatic rings. The largest absolute Gasteiger partial charge is 0.325 e. The monoisotopic (exact) mass is 316 g/mol. The third-order valence-corrected chi connectivity index (χ3v) is 3.45. The number of benzene rings is 2. The van der Waals surface area contributed by atoms with E-state index in [0.29, 0.717) is 16.4 Å². The maximum Gasteiger partial charge on any atom is 0.233 e. The standard InChI is InChI=1S/C17H17ClN2O2/c1-11-5-3-4-6-14(11)19-16(21)10-17(22)20-15-9-13(18)8-7-12(15)2/h3-9H,10H2,1-2H3,(H,19,21)(H,20,22). The van der Waals surface area contributed by atoms with Gasteiger partial charge in [-0.05, 0) is 43.2 Å². The first kappa shape index (κ1) is 16.0. The SMILES string of the molecule is Cc1ccccc1NC(=O)CC(=O)Nc1cc(Cl)ccc1C. The number of para-hydroxylation sites is 1. The van der Waals surface area contributed by atoms with Crippen molar-refractivity contribution < 1.29 is 9.59 Å². The molecule has 22 heavy (non-hydrogen) atoms. The van der Waals surface area contributed by atoms with Crippen LogP contribution < -0.4 is 10.6 Å². The highest BCUT2D eigenvalue weighted by Gasteiger charge is 2.12. The number of carbonyl (C=O) groups is 2. The molecule has 114 valence electrons. The zero-order chi connectivity index (χ0) is 16.1. The highest BCUT2D eigenvalue weighted by atomic mass is 35.5. The lowest BCUT2D eigenvalue weighted by Gasteiger charge is -2.10. The van der Waals surface area contributed by atoms with Gasteiger partial charge in [0.25, 0.3) is 0 Å². The maximum atomic E-state index is 11.9. The number of rotatable bonds is 4. The number of hydrogen-bond donors (Lipinski definition) is 2. The second kappa shape index (κ2) is 7.09. The molecule has 2 rings (SSSR count). The van der Waals surface area contributed by atoms with Gasteiger partial charge in [0.05, 0.1) is 0 Å². The van der Waals surface area contributed by atoms with Crippen LogP contribution in [-0.4, -0.2) is 11.8 Å². The molecule has 4 nitrogen and oxygen atoms in total. The van der Waals surface area contributed by atoms with E-state index >= 15 is 0 Å². The molecule has 0 spiro atoms.